The van der Waals surface area contributed by atoms with Crippen LogP contribution in [0.2, 0.25) is 5.02 Å². The van der Waals surface area contributed by atoms with Gasteiger partial charge in [0, 0.05) is 24.5 Å². The highest BCUT2D eigenvalue weighted by atomic mass is 35.5. The molecular formula is C20H23ClN2O3. The maximum Gasteiger partial charge on any atom is 0.263 e. The Morgan fingerprint density at radius 2 is 1.92 bits per heavy atom. The Bertz CT molecular complexity index is 720. The minimum Gasteiger partial charge on any atom is -0.442 e. The molecule has 1 fully saturated rings. The molecular weight excluding hydrogens is 352 g/mol. The molecule has 1 amide bonds. The number of hydrogen-bond acceptors (Lipinski definition) is 4. The molecule has 5 nitrogen and oxygen atoms in total. The second kappa shape index (κ2) is 8.99. The molecule has 3 rings (SSSR count). The standard InChI is InChI=1S/C20H23ClN2O3/c21-17-6-4-16(5-7-17)14-19(25)23-11-8-15(9-12-23)2-1-3-18(24)20-22-10-13-26-20/h4-7,10,13,15H,1-3,8-9,11-12,14H2. The molecule has 6 heteroatoms. The van der Waals surface area contributed by atoms with Gasteiger partial charge in [0.25, 0.3) is 5.89 Å². The molecule has 0 spiro atoms. The molecule has 1 aromatic carbocycles. The minimum atomic E-state index is -0.0365. The summed E-state index contributed by atoms with van der Waals surface area (Å²) in [6, 6.07) is 7.43. The van der Waals surface area contributed by atoms with Gasteiger partial charge in [-0.2, -0.15) is 0 Å². The maximum atomic E-state index is 12.4. The molecule has 26 heavy (non-hydrogen) atoms. The number of likely N-dealkylation sites (tertiary alicyclic amines) is 1. The van der Waals surface area contributed by atoms with Gasteiger partial charge < -0.3 is 9.32 Å². The lowest BCUT2D eigenvalue weighted by molar-refractivity contribution is -0.131. The molecule has 2 heterocycles. The van der Waals surface area contributed by atoms with E-state index in [4.69, 9.17) is 16.0 Å². The smallest absolute Gasteiger partial charge is 0.263 e. The van der Waals surface area contributed by atoms with Gasteiger partial charge in [0.1, 0.15) is 6.26 Å². The summed E-state index contributed by atoms with van der Waals surface area (Å²) in [5, 5.41) is 0.684. The summed E-state index contributed by atoms with van der Waals surface area (Å²) in [5.41, 5.74) is 0.992. The van der Waals surface area contributed by atoms with Crippen molar-refractivity contribution in [2.24, 2.45) is 5.92 Å². The van der Waals surface area contributed by atoms with E-state index >= 15 is 0 Å². The van der Waals surface area contributed by atoms with Gasteiger partial charge >= 0.3 is 0 Å². The number of rotatable bonds is 7. The van der Waals surface area contributed by atoms with Crippen molar-refractivity contribution in [2.75, 3.05) is 13.1 Å². The summed E-state index contributed by atoms with van der Waals surface area (Å²) < 4.78 is 5.02. The van der Waals surface area contributed by atoms with Crippen molar-refractivity contribution in [1.82, 2.24) is 9.88 Å². The third kappa shape index (κ3) is 5.18. The fraction of sp³-hybridized carbons (Fsp3) is 0.450. The number of oxazole rings is 1. The zero-order valence-electron chi connectivity index (χ0n) is 14.7. The zero-order valence-corrected chi connectivity index (χ0v) is 15.5. The second-order valence-corrected chi connectivity index (χ2v) is 7.22. The Hall–Kier alpha value is -2.14. The van der Waals surface area contributed by atoms with Crippen LogP contribution in [0, 0.1) is 5.92 Å². The molecule has 0 aliphatic carbocycles. The van der Waals surface area contributed by atoms with E-state index in [1.807, 2.05) is 29.2 Å². The van der Waals surface area contributed by atoms with E-state index in [0.29, 0.717) is 23.8 Å². The number of ketones is 1. The average molecular weight is 375 g/mol. The Kier molecular flexibility index (Phi) is 6.45. The number of hydrogen-bond donors (Lipinski definition) is 0. The van der Waals surface area contributed by atoms with E-state index in [0.717, 1.165) is 44.3 Å². The van der Waals surface area contributed by atoms with Gasteiger partial charge in [0.15, 0.2) is 0 Å². The second-order valence-electron chi connectivity index (χ2n) is 6.78. The predicted molar refractivity (Wildman–Crippen MR) is 99.1 cm³/mol. The Balaban J connectivity index is 1.36. The van der Waals surface area contributed by atoms with Crippen molar-refractivity contribution in [2.45, 2.75) is 38.5 Å². The number of carbonyl (C=O) groups excluding carboxylic acids is 2. The summed E-state index contributed by atoms with van der Waals surface area (Å²) >= 11 is 5.88. The Morgan fingerprint density at radius 3 is 2.58 bits per heavy atom. The van der Waals surface area contributed by atoms with Crippen LogP contribution in [0.15, 0.2) is 41.1 Å². The van der Waals surface area contributed by atoms with Crippen LogP contribution in [-0.2, 0) is 11.2 Å². The first-order valence-corrected chi connectivity index (χ1v) is 9.44. The maximum absolute atomic E-state index is 12.4. The predicted octanol–water partition coefficient (Wildman–Crippen LogP) is 4.16. The quantitative estimate of drug-likeness (QED) is 0.682. The first-order valence-electron chi connectivity index (χ1n) is 9.07. The summed E-state index contributed by atoms with van der Waals surface area (Å²) in [6.07, 6.45) is 7.64. The topological polar surface area (TPSA) is 63.4 Å². The van der Waals surface area contributed by atoms with Crippen molar-refractivity contribution in [3.63, 3.8) is 0 Å². The van der Waals surface area contributed by atoms with Gasteiger partial charge in [-0.15, -0.1) is 0 Å². The Labute approximate surface area is 158 Å². The number of nitrogens with zero attached hydrogens (tertiary/aromatic N) is 2. The van der Waals surface area contributed by atoms with Gasteiger partial charge in [-0.3, -0.25) is 9.59 Å². The van der Waals surface area contributed by atoms with Crippen LogP contribution < -0.4 is 0 Å². The lowest BCUT2D eigenvalue weighted by Gasteiger charge is -2.32. The van der Waals surface area contributed by atoms with Gasteiger partial charge in [-0.25, -0.2) is 4.98 Å². The first-order chi connectivity index (χ1) is 12.6. The number of carbonyl (C=O) groups is 2. The summed E-state index contributed by atoms with van der Waals surface area (Å²) in [5.74, 6) is 0.912. The number of aromatic nitrogens is 1. The molecule has 0 N–H and O–H groups in total. The average Bonchev–Trinajstić information content (AvgIpc) is 3.19. The molecule has 0 saturated carbocycles. The molecule has 0 bridgehead atoms. The minimum absolute atomic E-state index is 0.0365. The first kappa shape index (κ1) is 18.6. The van der Waals surface area contributed by atoms with Crippen LogP contribution in [0.5, 0.6) is 0 Å². The van der Waals surface area contributed by atoms with Crippen LogP contribution >= 0.6 is 11.6 Å². The lowest BCUT2D eigenvalue weighted by Crippen LogP contribution is -2.39. The normalized spacial score (nSPS) is 15.2. The highest BCUT2D eigenvalue weighted by molar-refractivity contribution is 6.30. The third-order valence-corrected chi connectivity index (χ3v) is 5.17. The van der Waals surface area contributed by atoms with Crippen molar-refractivity contribution >= 4 is 23.3 Å². The number of halogens is 1. The van der Waals surface area contributed by atoms with E-state index in [1.165, 1.54) is 12.5 Å². The van der Waals surface area contributed by atoms with Gasteiger partial charge in [0.05, 0.1) is 12.6 Å². The van der Waals surface area contributed by atoms with E-state index < -0.39 is 0 Å². The molecule has 1 aliphatic rings. The fourth-order valence-corrected chi connectivity index (χ4v) is 3.51. The largest absolute Gasteiger partial charge is 0.442 e. The summed E-state index contributed by atoms with van der Waals surface area (Å²) in [7, 11) is 0. The molecule has 138 valence electrons. The molecule has 1 aromatic heterocycles. The summed E-state index contributed by atoms with van der Waals surface area (Å²) in [6.45, 7) is 1.59. The Morgan fingerprint density at radius 1 is 1.19 bits per heavy atom. The third-order valence-electron chi connectivity index (χ3n) is 4.92. The SMILES string of the molecule is O=C(CCCC1CCN(C(=O)Cc2ccc(Cl)cc2)CC1)c1ncco1. The molecule has 1 aliphatic heterocycles. The highest BCUT2D eigenvalue weighted by Gasteiger charge is 2.23. The van der Waals surface area contributed by atoms with Crippen LogP contribution in [0.3, 0.4) is 0 Å². The molecule has 0 unspecified atom stereocenters. The number of amides is 1. The van der Waals surface area contributed by atoms with Gasteiger partial charge in [0.2, 0.25) is 11.7 Å². The number of Topliss-reactive ketones (excluding diaryl/α,β-unsaturated/α-hetero) is 1. The molecule has 0 radical (unpaired) electrons. The van der Waals surface area contributed by atoms with Crippen molar-refractivity contribution in [3.05, 3.63) is 53.2 Å². The lowest BCUT2D eigenvalue weighted by atomic mass is 9.91. The highest BCUT2D eigenvalue weighted by Crippen LogP contribution is 2.23. The summed E-state index contributed by atoms with van der Waals surface area (Å²) in [4.78, 5) is 30.1. The van der Waals surface area contributed by atoms with Crippen LogP contribution in [0.1, 0.15) is 48.4 Å². The van der Waals surface area contributed by atoms with Crippen molar-refractivity contribution in [1.29, 1.82) is 0 Å². The molecule has 1 saturated heterocycles. The monoisotopic (exact) mass is 374 g/mol. The fourth-order valence-electron chi connectivity index (χ4n) is 3.38. The van der Waals surface area contributed by atoms with Crippen LogP contribution in [0.25, 0.3) is 0 Å². The van der Waals surface area contributed by atoms with E-state index in [2.05, 4.69) is 4.98 Å². The van der Waals surface area contributed by atoms with E-state index in [1.54, 1.807) is 0 Å². The van der Waals surface area contributed by atoms with Crippen LogP contribution in [-0.4, -0.2) is 34.7 Å². The van der Waals surface area contributed by atoms with Crippen molar-refractivity contribution in [3.8, 4) is 0 Å². The van der Waals surface area contributed by atoms with E-state index in [-0.39, 0.29) is 17.6 Å². The van der Waals surface area contributed by atoms with Gasteiger partial charge in [-0.05, 0) is 49.3 Å². The number of benzene rings is 1. The zero-order chi connectivity index (χ0) is 18.4. The number of piperidine rings is 1. The van der Waals surface area contributed by atoms with Crippen molar-refractivity contribution < 1.29 is 14.0 Å². The van der Waals surface area contributed by atoms with Gasteiger partial charge in [-0.1, -0.05) is 23.7 Å². The van der Waals surface area contributed by atoms with E-state index in [9.17, 15) is 9.59 Å². The van der Waals surface area contributed by atoms with Crippen LogP contribution in [0.4, 0.5) is 0 Å². The molecule has 2 aromatic rings. The molecule has 0 atom stereocenters.